The normalized spacial score (nSPS) is 32.7. The third kappa shape index (κ3) is 2.17. The van der Waals surface area contributed by atoms with Crippen molar-refractivity contribution in [2.45, 2.75) is 37.8 Å². The molecule has 2 nitrogen and oxygen atoms in total. The second-order valence-electron chi connectivity index (χ2n) is 3.59. The van der Waals surface area contributed by atoms with Gasteiger partial charge in [-0.3, -0.25) is 0 Å². The fourth-order valence-corrected chi connectivity index (χ4v) is 1.94. The number of rotatable bonds is 2. The summed E-state index contributed by atoms with van der Waals surface area (Å²) in [4.78, 5) is 2.29. The minimum Gasteiger partial charge on any atom is -0.380 e. The Morgan fingerprint density at radius 2 is 1.82 bits per heavy atom. The lowest BCUT2D eigenvalue weighted by Gasteiger charge is -2.34. The van der Waals surface area contributed by atoms with Crippen molar-refractivity contribution in [2.24, 2.45) is 0 Å². The zero-order chi connectivity index (χ0) is 8.27. The van der Waals surface area contributed by atoms with Crippen molar-refractivity contribution in [1.82, 2.24) is 4.90 Å². The van der Waals surface area contributed by atoms with E-state index in [-0.39, 0.29) is 0 Å². The number of ether oxygens (including phenoxy) is 1. The molecule has 0 heterocycles. The zero-order valence-electron chi connectivity index (χ0n) is 7.84. The molecule has 0 aromatic heterocycles. The Balaban J connectivity index is 2.44. The predicted octanol–water partition coefficient (Wildman–Crippen LogP) is 1.51. The molecule has 0 unspecified atom stereocenters. The molecule has 0 aliphatic heterocycles. The lowest BCUT2D eigenvalue weighted by atomic mass is 9.92. The Labute approximate surface area is 69.5 Å². The number of methoxy groups -OCH3 is 1. The van der Waals surface area contributed by atoms with Crippen molar-refractivity contribution in [3.8, 4) is 0 Å². The van der Waals surface area contributed by atoms with E-state index in [0.29, 0.717) is 12.1 Å². The summed E-state index contributed by atoms with van der Waals surface area (Å²) >= 11 is 0. The van der Waals surface area contributed by atoms with Crippen LogP contribution in [0.3, 0.4) is 0 Å². The molecule has 1 rings (SSSR count). The summed E-state index contributed by atoms with van der Waals surface area (Å²) in [5.41, 5.74) is 0. The molecule has 1 aliphatic carbocycles. The van der Waals surface area contributed by atoms with E-state index in [2.05, 4.69) is 19.0 Å². The third-order valence-electron chi connectivity index (χ3n) is 2.63. The maximum absolute atomic E-state index is 5.42. The first-order valence-electron chi connectivity index (χ1n) is 4.45. The molecular weight excluding hydrogens is 138 g/mol. The Morgan fingerprint density at radius 1 is 1.18 bits per heavy atom. The van der Waals surface area contributed by atoms with Gasteiger partial charge in [0, 0.05) is 13.2 Å². The van der Waals surface area contributed by atoms with Crippen molar-refractivity contribution in [2.75, 3.05) is 21.2 Å². The van der Waals surface area contributed by atoms with E-state index < -0.39 is 0 Å². The third-order valence-corrected chi connectivity index (χ3v) is 2.63. The standard InChI is InChI=1S/C9H19NO/c1-10(2)8-6-4-5-7-9(8)11-3/h8-9H,4-7H2,1-3H3/t8-,9+/m1/s1. The molecule has 0 N–H and O–H groups in total. The van der Waals surface area contributed by atoms with Crippen molar-refractivity contribution in [1.29, 1.82) is 0 Å². The smallest absolute Gasteiger partial charge is 0.0726 e. The number of hydrogen-bond acceptors (Lipinski definition) is 2. The average molecular weight is 157 g/mol. The SMILES string of the molecule is CO[C@H]1CCCC[C@H]1N(C)C. The van der Waals surface area contributed by atoms with Crippen molar-refractivity contribution < 1.29 is 4.74 Å². The largest absolute Gasteiger partial charge is 0.380 e. The monoisotopic (exact) mass is 157 g/mol. The molecule has 0 saturated heterocycles. The second-order valence-corrected chi connectivity index (χ2v) is 3.59. The molecular formula is C9H19NO. The van der Waals surface area contributed by atoms with Gasteiger partial charge in [-0.15, -0.1) is 0 Å². The van der Waals surface area contributed by atoms with Crippen LogP contribution >= 0.6 is 0 Å². The molecule has 11 heavy (non-hydrogen) atoms. The lowest BCUT2D eigenvalue weighted by Crippen LogP contribution is -2.42. The van der Waals surface area contributed by atoms with Gasteiger partial charge in [-0.25, -0.2) is 0 Å². The van der Waals surface area contributed by atoms with Gasteiger partial charge in [0.2, 0.25) is 0 Å². The molecule has 0 bridgehead atoms. The van der Waals surface area contributed by atoms with Gasteiger partial charge in [-0.2, -0.15) is 0 Å². The van der Waals surface area contributed by atoms with Gasteiger partial charge in [-0.05, 0) is 26.9 Å². The van der Waals surface area contributed by atoms with Gasteiger partial charge in [0.15, 0.2) is 0 Å². The van der Waals surface area contributed by atoms with E-state index in [9.17, 15) is 0 Å². The van der Waals surface area contributed by atoms with Gasteiger partial charge < -0.3 is 9.64 Å². The number of nitrogens with zero attached hydrogens (tertiary/aromatic N) is 1. The van der Waals surface area contributed by atoms with Crippen molar-refractivity contribution in [3.63, 3.8) is 0 Å². The molecule has 0 aromatic carbocycles. The summed E-state index contributed by atoms with van der Waals surface area (Å²) in [6.07, 6.45) is 5.70. The minimum absolute atomic E-state index is 0.471. The van der Waals surface area contributed by atoms with Crippen LogP contribution in [-0.4, -0.2) is 38.3 Å². The highest BCUT2D eigenvalue weighted by Gasteiger charge is 2.25. The zero-order valence-corrected chi connectivity index (χ0v) is 7.84. The molecule has 66 valence electrons. The van der Waals surface area contributed by atoms with Crippen LogP contribution < -0.4 is 0 Å². The van der Waals surface area contributed by atoms with E-state index in [4.69, 9.17) is 4.74 Å². The predicted molar refractivity (Wildman–Crippen MR) is 46.7 cm³/mol. The molecule has 0 aromatic rings. The van der Waals surface area contributed by atoms with E-state index in [1.807, 2.05) is 7.11 Å². The summed E-state index contributed by atoms with van der Waals surface area (Å²) in [6, 6.07) is 0.647. The summed E-state index contributed by atoms with van der Waals surface area (Å²) in [6.45, 7) is 0. The summed E-state index contributed by atoms with van der Waals surface area (Å²) < 4.78 is 5.42. The first-order chi connectivity index (χ1) is 5.25. The molecule has 1 fully saturated rings. The second kappa shape index (κ2) is 4.07. The molecule has 0 spiro atoms. The maximum atomic E-state index is 5.42. The van der Waals surface area contributed by atoms with Crippen LogP contribution in [0.4, 0.5) is 0 Å². The lowest BCUT2D eigenvalue weighted by molar-refractivity contribution is 0.00633. The average Bonchev–Trinajstić information content (AvgIpc) is 2.04. The van der Waals surface area contributed by atoms with Crippen LogP contribution in [0.2, 0.25) is 0 Å². The molecule has 1 saturated carbocycles. The number of hydrogen-bond donors (Lipinski definition) is 0. The molecule has 2 atom stereocenters. The van der Waals surface area contributed by atoms with Crippen LogP contribution in [-0.2, 0) is 4.74 Å². The minimum atomic E-state index is 0.471. The van der Waals surface area contributed by atoms with Gasteiger partial charge in [0.25, 0.3) is 0 Å². The van der Waals surface area contributed by atoms with Gasteiger partial charge in [0.05, 0.1) is 6.10 Å². The van der Waals surface area contributed by atoms with Crippen LogP contribution in [0.25, 0.3) is 0 Å². The van der Waals surface area contributed by atoms with E-state index in [1.165, 1.54) is 25.7 Å². The van der Waals surface area contributed by atoms with Gasteiger partial charge >= 0.3 is 0 Å². The van der Waals surface area contributed by atoms with Gasteiger partial charge in [-0.1, -0.05) is 12.8 Å². The highest BCUT2D eigenvalue weighted by Crippen LogP contribution is 2.23. The van der Waals surface area contributed by atoms with Crippen LogP contribution in [0, 0.1) is 0 Å². The first kappa shape index (κ1) is 9.01. The van der Waals surface area contributed by atoms with Crippen LogP contribution in [0.5, 0.6) is 0 Å². The first-order valence-corrected chi connectivity index (χ1v) is 4.45. The molecule has 2 heteroatoms. The Hall–Kier alpha value is -0.0800. The summed E-state index contributed by atoms with van der Waals surface area (Å²) in [7, 11) is 6.11. The summed E-state index contributed by atoms with van der Waals surface area (Å²) in [5, 5.41) is 0. The Morgan fingerprint density at radius 3 is 2.27 bits per heavy atom. The quantitative estimate of drug-likeness (QED) is 0.602. The molecule has 0 amide bonds. The van der Waals surface area contributed by atoms with E-state index >= 15 is 0 Å². The topological polar surface area (TPSA) is 12.5 Å². The highest BCUT2D eigenvalue weighted by molar-refractivity contribution is 4.80. The fraction of sp³-hybridized carbons (Fsp3) is 1.00. The molecule has 1 aliphatic rings. The highest BCUT2D eigenvalue weighted by atomic mass is 16.5. The van der Waals surface area contributed by atoms with Gasteiger partial charge in [0.1, 0.15) is 0 Å². The van der Waals surface area contributed by atoms with E-state index in [0.717, 1.165) is 0 Å². The fourth-order valence-electron chi connectivity index (χ4n) is 1.94. The van der Waals surface area contributed by atoms with E-state index in [1.54, 1.807) is 0 Å². The Kier molecular flexibility index (Phi) is 3.34. The Bertz CT molecular complexity index is 114. The summed E-state index contributed by atoms with van der Waals surface area (Å²) in [5.74, 6) is 0. The maximum Gasteiger partial charge on any atom is 0.0726 e. The van der Waals surface area contributed by atoms with Crippen molar-refractivity contribution in [3.05, 3.63) is 0 Å². The number of likely N-dealkylation sites (N-methyl/N-ethyl adjacent to an activating group) is 1. The van der Waals surface area contributed by atoms with Crippen LogP contribution in [0.15, 0.2) is 0 Å². The van der Waals surface area contributed by atoms with Crippen LogP contribution in [0.1, 0.15) is 25.7 Å². The molecule has 0 radical (unpaired) electrons. The van der Waals surface area contributed by atoms with Crippen molar-refractivity contribution >= 4 is 0 Å².